The number of carbonyl (C=O) groups is 4. The highest BCUT2D eigenvalue weighted by Gasteiger charge is 2.42. The van der Waals surface area contributed by atoms with Gasteiger partial charge in [-0.15, -0.1) is 0 Å². The SMILES string of the molecule is COc1cc(N2CCC[C@H](OCC(=O)N[C@H](C(=O)N3CCC[C@H]3C(=O)N[C@@H](C)c3ccc(-c4ccnn4C)cc3)C(C)(C)C)C2)ccc1NC(=O)c1cccc(-c2ccn[nH]2)n1. The predicted octanol–water partition coefficient (Wildman–Crippen LogP) is 5.52. The van der Waals surface area contributed by atoms with Gasteiger partial charge < -0.3 is 35.2 Å². The van der Waals surface area contributed by atoms with Crippen molar-refractivity contribution in [1.82, 2.24) is 40.5 Å². The number of benzene rings is 2. The number of carbonyl (C=O) groups excluding carboxylic acids is 4. The van der Waals surface area contributed by atoms with E-state index in [4.69, 9.17) is 9.47 Å². The van der Waals surface area contributed by atoms with Crippen LogP contribution in [0.2, 0.25) is 0 Å². The van der Waals surface area contributed by atoms with E-state index in [0.717, 1.165) is 41.9 Å². The van der Waals surface area contributed by atoms with Crippen LogP contribution in [0.3, 0.4) is 0 Å². The lowest BCUT2D eigenvalue weighted by Crippen LogP contribution is -2.58. The molecule has 2 aromatic carbocycles. The predicted molar refractivity (Wildman–Crippen MR) is 235 cm³/mol. The summed E-state index contributed by atoms with van der Waals surface area (Å²) in [7, 11) is 3.44. The maximum atomic E-state index is 14.2. The molecule has 4 atom stereocenters. The summed E-state index contributed by atoms with van der Waals surface area (Å²) < 4.78 is 13.7. The molecule has 7 rings (SSSR count). The van der Waals surface area contributed by atoms with Gasteiger partial charge in [0.05, 0.1) is 42.0 Å². The van der Waals surface area contributed by atoms with Gasteiger partial charge in [-0.05, 0) is 85.5 Å². The molecular weight excluding hydrogens is 789 g/mol. The molecule has 62 heavy (non-hydrogen) atoms. The number of ether oxygens (including phenoxy) is 2. The van der Waals surface area contributed by atoms with Crippen LogP contribution >= 0.6 is 0 Å². The number of likely N-dealkylation sites (tertiary alicyclic amines) is 1. The molecule has 2 fully saturated rings. The van der Waals surface area contributed by atoms with Gasteiger partial charge in [-0.1, -0.05) is 51.1 Å². The van der Waals surface area contributed by atoms with Gasteiger partial charge >= 0.3 is 0 Å². The number of anilines is 2. The number of aromatic amines is 1. The summed E-state index contributed by atoms with van der Waals surface area (Å²) >= 11 is 0. The summed E-state index contributed by atoms with van der Waals surface area (Å²) in [4.78, 5) is 62.8. The van der Waals surface area contributed by atoms with Crippen LogP contribution in [0.15, 0.2) is 85.2 Å². The molecule has 16 heteroatoms. The molecule has 16 nitrogen and oxygen atoms in total. The van der Waals surface area contributed by atoms with Gasteiger partial charge in [0.25, 0.3) is 5.91 Å². The van der Waals surface area contributed by atoms with E-state index in [-0.39, 0.29) is 42.2 Å². The molecule has 0 aliphatic carbocycles. The average molecular weight is 845 g/mol. The van der Waals surface area contributed by atoms with Crippen molar-refractivity contribution in [3.8, 4) is 28.4 Å². The van der Waals surface area contributed by atoms with E-state index in [0.29, 0.717) is 48.8 Å². The van der Waals surface area contributed by atoms with Gasteiger partial charge in [0.15, 0.2) is 0 Å². The first-order valence-corrected chi connectivity index (χ1v) is 21.1. The molecule has 2 saturated heterocycles. The number of hydrogen-bond acceptors (Lipinski definition) is 10. The van der Waals surface area contributed by atoms with E-state index in [9.17, 15) is 19.2 Å². The molecule has 0 unspecified atom stereocenters. The Labute approximate surface area is 361 Å². The zero-order valence-corrected chi connectivity index (χ0v) is 36.2. The molecule has 5 heterocycles. The molecule has 3 aromatic heterocycles. The van der Waals surface area contributed by atoms with Crippen LogP contribution in [0.1, 0.15) is 75.5 Å². The maximum absolute atomic E-state index is 14.2. The quantitative estimate of drug-likeness (QED) is 0.111. The average Bonchev–Trinajstić information content (AvgIpc) is 4.08. The second kappa shape index (κ2) is 19.0. The van der Waals surface area contributed by atoms with Crippen molar-refractivity contribution in [3.05, 3.63) is 96.4 Å². The summed E-state index contributed by atoms with van der Waals surface area (Å²) in [6.45, 7) is 9.15. The van der Waals surface area contributed by atoms with Crippen molar-refractivity contribution < 1.29 is 28.7 Å². The number of hydrogen-bond donors (Lipinski definition) is 4. The summed E-state index contributed by atoms with van der Waals surface area (Å²) in [5.74, 6) is -0.795. The van der Waals surface area contributed by atoms with Crippen molar-refractivity contribution in [1.29, 1.82) is 0 Å². The lowest BCUT2D eigenvalue weighted by molar-refractivity contribution is -0.145. The summed E-state index contributed by atoms with van der Waals surface area (Å²) in [6.07, 6.45) is 5.97. The molecule has 2 aliphatic heterocycles. The molecule has 4 N–H and O–H groups in total. The minimum atomic E-state index is -0.866. The Bertz CT molecular complexity index is 2360. The molecule has 0 radical (unpaired) electrons. The third-order valence-electron chi connectivity index (χ3n) is 11.5. The van der Waals surface area contributed by atoms with Crippen molar-refractivity contribution in [3.63, 3.8) is 0 Å². The van der Waals surface area contributed by atoms with Crippen molar-refractivity contribution in [2.45, 2.75) is 77.6 Å². The van der Waals surface area contributed by atoms with E-state index in [2.05, 4.69) is 41.1 Å². The van der Waals surface area contributed by atoms with Gasteiger partial charge in [0.2, 0.25) is 17.7 Å². The Hall–Kier alpha value is -6.55. The molecule has 5 aromatic rings. The Morgan fingerprint density at radius 1 is 0.935 bits per heavy atom. The van der Waals surface area contributed by atoms with E-state index in [1.807, 2.05) is 81.9 Å². The van der Waals surface area contributed by atoms with Gasteiger partial charge in [-0.25, -0.2) is 4.98 Å². The number of piperidine rings is 1. The Balaban J connectivity index is 0.919. The molecule has 4 amide bonds. The first-order chi connectivity index (χ1) is 29.8. The summed E-state index contributed by atoms with van der Waals surface area (Å²) in [6, 6.07) is 20.7. The first-order valence-electron chi connectivity index (χ1n) is 21.1. The topological polar surface area (TPSA) is 189 Å². The van der Waals surface area contributed by atoms with Crippen LogP contribution < -0.4 is 25.6 Å². The smallest absolute Gasteiger partial charge is 0.274 e. The number of rotatable bonds is 14. The number of amides is 4. The number of methoxy groups -OCH3 is 1. The van der Waals surface area contributed by atoms with E-state index >= 15 is 0 Å². The largest absolute Gasteiger partial charge is 0.494 e. The van der Waals surface area contributed by atoms with Crippen LogP contribution in [0.5, 0.6) is 5.75 Å². The highest BCUT2D eigenvalue weighted by atomic mass is 16.5. The van der Waals surface area contributed by atoms with Crippen LogP contribution in [-0.2, 0) is 26.2 Å². The molecule has 326 valence electrons. The van der Waals surface area contributed by atoms with Gasteiger partial charge in [-0.2, -0.15) is 10.2 Å². The minimum absolute atomic E-state index is 0.218. The monoisotopic (exact) mass is 844 g/mol. The third-order valence-corrected chi connectivity index (χ3v) is 11.5. The Morgan fingerprint density at radius 2 is 1.73 bits per heavy atom. The van der Waals surface area contributed by atoms with Crippen molar-refractivity contribution in [2.24, 2.45) is 12.5 Å². The molecule has 0 bridgehead atoms. The maximum Gasteiger partial charge on any atom is 0.274 e. The highest BCUT2D eigenvalue weighted by molar-refractivity contribution is 6.04. The number of aryl methyl sites for hydroxylation is 1. The van der Waals surface area contributed by atoms with Crippen LogP contribution in [-0.4, -0.2) is 105 Å². The zero-order chi connectivity index (χ0) is 44.0. The fourth-order valence-electron chi connectivity index (χ4n) is 8.09. The second-order valence-electron chi connectivity index (χ2n) is 17.0. The summed E-state index contributed by atoms with van der Waals surface area (Å²) in [5.41, 5.74) is 5.26. The molecule has 0 spiro atoms. The van der Waals surface area contributed by atoms with Gasteiger partial charge in [0, 0.05) is 50.8 Å². The Morgan fingerprint density at radius 3 is 2.44 bits per heavy atom. The summed E-state index contributed by atoms with van der Waals surface area (Å²) in [5, 5.41) is 20.0. The fraction of sp³-hybridized carbons (Fsp3) is 0.413. The first kappa shape index (κ1) is 43.5. The van der Waals surface area contributed by atoms with E-state index < -0.39 is 23.4 Å². The lowest BCUT2D eigenvalue weighted by Gasteiger charge is -2.36. The molecular formula is C46H56N10O6. The van der Waals surface area contributed by atoms with Crippen LogP contribution in [0.4, 0.5) is 11.4 Å². The van der Waals surface area contributed by atoms with Gasteiger partial charge in [-0.3, -0.25) is 29.0 Å². The lowest BCUT2D eigenvalue weighted by atomic mass is 9.85. The van der Waals surface area contributed by atoms with E-state index in [1.54, 1.807) is 54.7 Å². The third kappa shape index (κ3) is 10.1. The molecule has 0 saturated carbocycles. The highest BCUT2D eigenvalue weighted by Crippen LogP contribution is 2.33. The number of pyridine rings is 1. The van der Waals surface area contributed by atoms with E-state index in [1.165, 1.54) is 0 Å². The number of H-pyrrole nitrogens is 1. The standard InChI is InChI=1S/C46H56N10O6/c1-29(30-14-16-31(17-15-30)38-21-23-48-54(38)5)49-44(59)39-13-9-25-56(39)45(60)42(46(2,3)4)52-41(57)28-62-33-10-8-24-55(27-33)32-18-19-36(40(26-32)61-6)51-43(58)37-12-7-11-34(50-37)35-20-22-47-53-35/h7,11-12,14-23,26,29,33,39,42H,8-10,13,24-25,27-28H2,1-6H3,(H,47,53)(H,49,59)(H,51,58)(H,52,57)/t29-,33-,39-,42+/m0/s1. The second-order valence-corrected chi connectivity index (χ2v) is 17.0. The van der Waals surface area contributed by atoms with Crippen LogP contribution in [0.25, 0.3) is 22.6 Å². The zero-order valence-electron chi connectivity index (χ0n) is 36.2. The number of nitrogens with zero attached hydrogens (tertiary/aromatic N) is 6. The number of aromatic nitrogens is 5. The minimum Gasteiger partial charge on any atom is -0.494 e. The van der Waals surface area contributed by atoms with Crippen molar-refractivity contribution in [2.75, 3.05) is 43.6 Å². The normalized spacial score (nSPS) is 17.6. The fourth-order valence-corrected chi connectivity index (χ4v) is 8.09. The van der Waals surface area contributed by atoms with Crippen molar-refractivity contribution >= 4 is 35.0 Å². The van der Waals surface area contributed by atoms with Crippen LogP contribution in [0, 0.1) is 5.41 Å². The Kier molecular flexibility index (Phi) is 13.4. The number of nitrogens with one attached hydrogen (secondary N) is 4. The van der Waals surface area contributed by atoms with Gasteiger partial charge in [0.1, 0.15) is 30.1 Å². The molecule has 2 aliphatic rings.